The van der Waals surface area contributed by atoms with Crippen LogP contribution in [-0.4, -0.2) is 62.1 Å². The minimum atomic E-state index is 0.614. The molecule has 1 N–H and O–H groups in total. The Morgan fingerprint density at radius 1 is 1.42 bits per heavy atom. The third-order valence-corrected chi connectivity index (χ3v) is 4.92. The third kappa shape index (κ3) is 4.54. The van der Waals surface area contributed by atoms with Crippen LogP contribution in [0.1, 0.15) is 25.8 Å². The van der Waals surface area contributed by atoms with Gasteiger partial charge in [0.05, 0.1) is 7.11 Å². The fourth-order valence-electron chi connectivity index (χ4n) is 3.34. The molecule has 0 amide bonds. The van der Waals surface area contributed by atoms with Gasteiger partial charge in [0.15, 0.2) is 5.96 Å². The SMILES string of the molecule is CCN(CC)C1CCN(C(=NC)NCc2ccc(Cl)cc2OC)C1. The second-order valence-electron chi connectivity index (χ2n) is 5.97. The number of methoxy groups -OCH3 is 1. The maximum atomic E-state index is 6.03. The van der Waals surface area contributed by atoms with Gasteiger partial charge in [-0.3, -0.25) is 9.89 Å². The normalized spacial score (nSPS) is 18.3. The Morgan fingerprint density at radius 2 is 2.17 bits per heavy atom. The number of hydrogen-bond donors (Lipinski definition) is 1. The Balaban J connectivity index is 1.96. The number of likely N-dealkylation sites (N-methyl/N-ethyl adjacent to an activating group) is 1. The number of rotatable bonds is 6. The highest BCUT2D eigenvalue weighted by molar-refractivity contribution is 6.30. The number of guanidine groups is 1. The number of aliphatic imine (C=N–C) groups is 1. The summed E-state index contributed by atoms with van der Waals surface area (Å²) in [5.41, 5.74) is 1.07. The Hall–Kier alpha value is -1.46. The first-order chi connectivity index (χ1) is 11.6. The molecule has 5 nitrogen and oxygen atoms in total. The van der Waals surface area contributed by atoms with Crippen LogP contribution >= 0.6 is 11.6 Å². The van der Waals surface area contributed by atoms with E-state index in [1.165, 1.54) is 6.42 Å². The molecule has 1 atom stereocenters. The molecule has 1 heterocycles. The lowest BCUT2D eigenvalue weighted by Gasteiger charge is -2.27. The van der Waals surface area contributed by atoms with Gasteiger partial charge in [0.25, 0.3) is 0 Å². The minimum Gasteiger partial charge on any atom is -0.496 e. The van der Waals surface area contributed by atoms with E-state index >= 15 is 0 Å². The van der Waals surface area contributed by atoms with E-state index in [0.29, 0.717) is 17.6 Å². The highest BCUT2D eigenvalue weighted by Crippen LogP contribution is 2.23. The quantitative estimate of drug-likeness (QED) is 0.631. The van der Waals surface area contributed by atoms with Crippen molar-refractivity contribution in [2.24, 2.45) is 4.99 Å². The number of ether oxygens (including phenoxy) is 1. The second kappa shape index (κ2) is 9.14. The van der Waals surface area contributed by atoms with Crippen LogP contribution < -0.4 is 10.1 Å². The molecule has 0 bridgehead atoms. The number of likely N-dealkylation sites (tertiary alicyclic amines) is 1. The summed E-state index contributed by atoms with van der Waals surface area (Å²) in [5.74, 6) is 1.74. The van der Waals surface area contributed by atoms with Gasteiger partial charge in [-0.2, -0.15) is 0 Å². The van der Waals surface area contributed by atoms with Crippen LogP contribution in [-0.2, 0) is 6.54 Å². The van der Waals surface area contributed by atoms with E-state index in [1.54, 1.807) is 7.11 Å². The monoisotopic (exact) mass is 352 g/mol. The maximum Gasteiger partial charge on any atom is 0.193 e. The molecule has 0 aromatic heterocycles. The summed E-state index contributed by atoms with van der Waals surface area (Å²) in [6, 6.07) is 6.33. The number of nitrogens with zero attached hydrogens (tertiary/aromatic N) is 3. The Kier molecular flexibility index (Phi) is 7.18. The summed E-state index contributed by atoms with van der Waals surface area (Å²) in [6.07, 6.45) is 1.19. The largest absolute Gasteiger partial charge is 0.496 e. The van der Waals surface area contributed by atoms with Crippen LogP contribution in [0.5, 0.6) is 5.75 Å². The highest BCUT2D eigenvalue weighted by atomic mass is 35.5. The van der Waals surface area contributed by atoms with Crippen molar-refractivity contribution in [3.63, 3.8) is 0 Å². The first kappa shape index (κ1) is 18.9. The van der Waals surface area contributed by atoms with Gasteiger partial charge in [-0.05, 0) is 31.6 Å². The lowest BCUT2D eigenvalue weighted by atomic mass is 10.2. The lowest BCUT2D eigenvalue weighted by molar-refractivity contribution is 0.223. The van der Waals surface area contributed by atoms with E-state index in [1.807, 2.05) is 25.2 Å². The number of benzene rings is 1. The first-order valence-electron chi connectivity index (χ1n) is 8.64. The molecule has 1 aliphatic rings. The minimum absolute atomic E-state index is 0.614. The van der Waals surface area contributed by atoms with Crippen molar-refractivity contribution in [3.05, 3.63) is 28.8 Å². The third-order valence-electron chi connectivity index (χ3n) is 4.69. The molecule has 2 rings (SSSR count). The predicted octanol–water partition coefficient (Wildman–Crippen LogP) is 2.84. The van der Waals surface area contributed by atoms with Gasteiger partial charge in [-0.25, -0.2) is 0 Å². The average molecular weight is 353 g/mol. The van der Waals surface area contributed by atoms with Crippen LogP contribution in [0.4, 0.5) is 0 Å². The van der Waals surface area contributed by atoms with Gasteiger partial charge >= 0.3 is 0 Å². The summed E-state index contributed by atoms with van der Waals surface area (Å²) >= 11 is 6.03. The Bertz CT molecular complexity index is 560. The van der Waals surface area contributed by atoms with Crippen molar-refractivity contribution in [2.45, 2.75) is 32.9 Å². The van der Waals surface area contributed by atoms with Crippen molar-refractivity contribution < 1.29 is 4.74 Å². The van der Waals surface area contributed by atoms with Gasteiger partial charge in [-0.1, -0.05) is 31.5 Å². The van der Waals surface area contributed by atoms with E-state index in [9.17, 15) is 0 Å². The van der Waals surface area contributed by atoms with Crippen molar-refractivity contribution in [1.29, 1.82) is 0 Å². The molecule has 24 heavy (non-hydrogen) atoms. The molecule has 1 aromatic carbocycles. The average Bonchev–Trinajstić information content (AvgIpc) is 3.07. The van der Waals surface area contributed by atoms with E-state index in [-0.39, 0.29) is 0 Å². The zero-order valence-corrected chi connectivity index (χ0v) is 15.9. The molecule has 0 aliphatic carbocycles. The van der Waals surface area contributed by atoms with Gasteiger partial charge in [0, 0.05) is 43.3 Å². The van der Waals surface area contributed by atoms with Crippen molar-refractivity contribution >= 4 is 17.6 Å². The summed E-state index contributed by atoms with van der Waals surface area (Å²) in [7, 11) is 3.51. The molecule has 0 spiro atoms. The number of hydrogen-bond acceptors (Lipinski definition) is 3. The standard InChI is InChI=1S/C18H29ClN4O/c1-5-22(6-2)16-9-10-23(13-16)18(20-3)21-12-14-7-8-15(19)11-17(14)24-4/h7-8,11,16H,5-6,9-10,12-13H2,1-4H3,(H,20,21). The second-order valence-corrected chi connectivity index (χ2v) is 6.40. The molecule has 6 heteroatoms. The van der Waals surface area contributed by atoms with Crippen LogP contribution in [0.2, 0.25) is 5.02 Å². The summed E-state index contributed by atoms with van der Waals surface area (Å²) < 4.78 is 5.41. The molecular formula is C18H29ClN4O. The molecule has 1 aromatic rings. The van der Waals surface area contributed by atoms with Crippen molar-refractivity contribution in [3.8, 4) is 5.75 Å². The molecule has 1 saturated heterocycles. The number of nitrogens with one attached hydrogen (secondary N) is 1. The van der Waals surface area contributed by atoms with Crippen LogP contribution in [0.15, 0.2) is 23.2 Å². The van der Waals surface area contributed by atoms with Crippen molar-refractivity contribution in [1.82, 2.24) is 15.1 Å². The predicted molar refractivity (Wildman–Crippen MR) is 101 cm³/mol. The van der Waals surface area contributed by atoms with E-state index < -0.39 is 0 Å². The molecule has 1 aliphatic heterocycles. The van der Waals surface area contributed by atoms with E-state index in [2.05, 4.69) is 34.0 Å². The van der Waals surface area contributed by atoms with E-state index in [0.717, 1.165) is 43.5 Å². The molecule has 134 valence electrons. The van der Waals surface area contributed by atoms with E-state index in [4.69, 9.17) is 16.3 Å². The Morgan fingerprint density at radius 3 is 2.79 bits per heavy atom. The van der Waals surface area contributed by atoms with Gasteiger partial charge < -0.3 is 15.0 Å². The first-order valence-corrected chi connectivity index (χ1v) is 9.02. The summed E-state index contributed by atoms with van der Waals surface area (Å²) in [6.45, 7) is 9.39. The van der Waals surface area contributed by atoms with Crippen LogP contribution in [0.25, 0.3) is 0 Å². The molecule has 1 unspecified atom stereocenters. The van der Waals surface area contributed by atoms with Crippen LogP contribution in [0, 0.1) is 0 Å². The molecular weight excluding hydrogens is 324 g/mol. The highest BCUT2D eigenvalue weighted by Gasteiger charge is 2.27. The fraction of sp³-hybridized carbons (Fsp3) is 0.611. The summed E-state index contributed by atoms with van der Waals surface area (Å²) in [5, 5.41) is 4.13. The molecule has 1 fully saturated rings. The fourth-order valence-corrected chi connectivity index (χ4v) is 3.51. The lowest BCUT2D eigenvalue weighted by Crippen LogP contribution is -2.43. The number of halogens is 1. The zero-order valence-electron chi connectivity index (χ0n) is 15.2. The zero-order chi connectivity index (χ0) is 17.5. The topological polar surface area (TPSA) is 40.1 Å². The smallest absolute Gasteiger partial charge is 0.193 e. The van der Waals surface area contributed by atoms with Gasteiger partial charge in [0.1, 0.15) is 5.75 Å². The molecule has 0 radical (unpaired) electrons. The van der Waals surface area contributed by atoms with Gasteiger partial charge in [0.2, 0.25) is 0 Å². The van der Waals surface area contributed by atoms with Crippen LogP contribution in [0.3, 0.4) is 0 Å². The molecule has 0 saturated carbocycles. The summed E-state index contributed by atoms with van der Waals surface area (Å²) in [4.78, 5) is 9.31. The Labute approximate surface area is 150 Å². The maximum absolute atomic E-state index is 6.03. The van der Waals surface area contributed by atoms with Crippen molar-refractivity contribution in [2.75, 3.05) is 40.3 Å². The van der Waals surface area contributed by atoms with Gasteiger partial charge in [-0.15, -0.1) is 0 Å².